The number of nitrogens with two attached hydrogens (primary N) is 2. The van der Waals surface area contributed by atoms with E-state index >= 15 is 0 Å². The third kappa shape index (κ3) is 8.01. The van der Waals surface area contributed by atoms with Crippen molar-refractivity contribution in [2.24, 2.45) is 16.5 Å². The highest BCUT2D eigenvalue weighted by Crippen LogP contribution is 2.39. The number of aromatic nitrogens is 2. The number of hydrogen-bond donors (Lipinski definition) is 7. The Hall–Kier alpha value is -4.93. The number of ether oxygens (including phenoxy) is 1. The summed E-state index contributed by atoms with van der Waals surface area (Å²) in [5, 5.41) is 17.0. The van der Waals surface area contributed by atoms with E-state index in [0.29, 0.717) is 38.1 Å². The fourth-order valence-electron chi connectivity index (χ4n) is 4.97. The minimum Gasteiger partial charge on any atom is -0.492 e. The molecule has 3 heterocycles. The molecule has 0 saturated heterocycles. The Morgan fingerprint density at radius 2 is 2.00 bits per heavy atom. The summed E-state index contributed by atoms with van der Waals surface area (Å²) in [7, 11) is -4.24. The Morgan fingerprint density at radius 1 is 1.15 bits per heavy atom. The molecule has 5 rings (SSSR count). The maximum atomic E-state index is 13.8. The molecule has 0 radical (unpaired) electrons. The fraction of sp³-hybridized carbons (Fsp3) is 0.267. The summed E-state index contributed by atoms with van der Waals surface area (Å²) in [6.07, 6.45) is 4.30. The minimum atomic E-state index is -4.24. The molecule has 14 nitrogen and oxygen atoms in total. The second-order valence-electron chi connectivity index (χ2n) is 10.5. The molecule has 0 fully saturated rings. The molecule has 0 unspecified atom stereocenters. The molecule has 0 saturated carbocycles. The number of anilines is 1. The normalized spacial score (nSPS) is 13.0. The van der Waals surface area contributed by atoms with Crippen molar-refractivity contribution in [3.8, 4) is 16.9 Å². The summed E-state index contributed by atoms with van der Waals surface area (Å²) >= 11 is 0.983. The topological polar surface area (TPSA) is 227 Å². The number of carbonyl (C=O) groups excluding carboxylic acids is 1. The molecule has 9 N–H and O–H groups in total. The molecular formula is C30H34N8O6S2. The molecule has 16 heteroatoms. The summed E-state index contributed by atoms with van der Waals surface area (Å²) in [6, 6.07) is 11.5. The van der Waals surface area contributed by atoms with Crippen molar-refractivity contribution in [3.05, 3.63) is 82.1 Å². The van der Waals surface area contributed by atoms with Crippen molar-refractivity contribution in [1.29, 1.82) is 0 Å². The Morgan fingerprint density at radius 3 is 2.76 bits per heavy atom. The summed E-state index contributed by atoms with van der Waals surface area (Å²) in [5.41, 5.74) is 14.9. The van der Waals surface area contributed by atoms with E-state index in [1.54, 1.807) is 24.0 Å². The number of nitrogens with zero attached hydrogens (tertiary/aromatic N) is 2. The van der Waals surface area contributed by atoms with Crippen molar-refractivity contribution in [1.82, 2.24) is 20.6 Å². The van der Waals surface area contributed by atoms with Crippen LogP contribution in [0.1, 0.15) is 39.3 Å². The number of rotatable bonds is 15. The van der Waals surface area contributed by atoms with Gasteiger partial charge in [0.25, 0.3) is 15.9 Å². The van der Waals surface area contributed by atoms with Gasteiger partial charge in [-0.3, -0.25) is 14.5 Å². The molecule has 2 aromatic carbocycles. The van der Waals surface area contributed by atoms with E-state index in [1.165, 1.54) is 6.07 Å². The molecule has 1 aliphatic heterocycles. The molecular weight excluding hydrogens is 633 g/mol. The van der Waals surface area contributed by atoms with Gasteiger partial charge in [0.15, 0.2) is 5.96 Å². The molecule has 1 atom stereocenters. The van der Waals surface area contributed by atoms with Gasteiger partial charge >= 0.3 is 5.97 Å². The van der Waals surface area contributed by atoms with E-state index in [2.05, 4.69) is 30.3 Å². The number of guanidine groups is 1. The van der Waals surface area contributed by atoms with E-state index in [-0.39, 0.29) is 40.1 Å². The Balaban J connectivity index is 1.34. The predicted molar refractivity (Wildman–Crippen MR) is 174 cm³/mol. The van der Waals surface area contributed by atoms with Crippen molar-refractivity contribution < 1.29 is 27.9 Å². The van der Waals surface area contributed by atoms with Crippen LogP contribution in [0.5, 0.6) is 5.75 Å². The number of sulfonamides is 1. The van der Waals surface area contributed by atoms with Crippen LogP contribution in [-0.4, -0.2) is 60.5 Å². The predicted octanol–water partition coefficient (Wildman–Crippen LogP) is 2.40. The number of H-pyrrole nitrogens is 1. The van der Waals surface area contributed by atoms with Gasteiger partial charge in [-0.1, -0.05) is 18.2 Å². The van der Waals surface area contributed by atoms with E-state index in [1.807, 2.05) is 30.3 Å². The first kappa shape index (κ1) is 32.5. The number of aromatic amines is 1. The molecule has 0 bridgehead atoms. The SMILES string of the molecule is NC(N)=NCCC[C@H](NC(=O)c1sccc1NS(=O)(=O)c1cc(-c2cccc(CNCc3cnc[nH]3)c2)cc2c1OCC2)C(=O)O. The standard InChI is InChI=1S/C30H34N8O6S2/c31-30(32)35-8-2-5-24(29(40)41)37-28(39)27-23(7-10-45-27)38-46(42,43)25-13-21(12-20-6-9-44-26(20)25)19-4-1-3-18(11-19)14-33-15-22-16-34-17-36-22/h1,3-4,7,10-13,16-17,24,33,38H,2,5-6,8-9,14-15H2,(H,34,36)(H,37,39)(H,40,41)(H4,31,32,35)/t24-/m0/s1. The highest BCUT2D eigenvalue weighted by Gasteiger charge is 2.29. The molecule has 2 aromatic heterocycles. The lowest BCUT2D eigenvalue weighted by Gasteiger charge is -2.16. The third-order valence-electron chi connectivity index (χ3n) is 7.16. The fourth-order valence-corrected chi connectivity index (χ4v) is 7.08. The lowest BCUT2D eigenvalue weighted by molar-refractivity contribution is -0.139. The number of imidazole rings is 1. The van der Waals surface area contributed by atoms with Crippen LogP contribution in [-0.2, 0) is 34.3 Å². The molecule has 1 aliphatic rings. The molecule has 46 heavy (non-hydrogen) atoms. The second-order valence-corrected chi connectivity index (χ2v) is 13.1. The van der Waals surface area contributed by atoms with Gasteiger partial charge in [-0.2, -0.15) is 0 Å². The van der Waals surface area contributed by atoms with Crippen LogP contribution in [0.2, 0.25) is 0 Å². The van der Waals surface area contributed by atoms with Gasteiger partial charge in [0.1, 0.15) is 21.6 Å². The number of aliphatic imine (C=N–C) groups is 1. The number of benzene rings is 2. The van der Waals surface area contributed by atoms with Crippen LogP contribution in [0.4, 0.5) is 5.69 Å². The van der Waals surface area contributed by atoms with E-state index in [4.69, 9.17) is 16.2 Å². The van der Waals surface area contributed by atoms with E-state index < -0.39 is 27.9 Å². The highest BCUT2D eigenvalue weighted by atomic mass is 32.2. The first-order chi connectivity index (χ1) is 22.1. The molecule has 1 amide bonds. The number of fused-ring (bicyclic) bond motifs is 1. The molecule has 242 valence electrons. The van der Waals surface area contributed by atoms with Gasteiger partial charge in [-0.05, 0) is 64.7 Å². The number of nitrogens with one attached hydrogen (secondary N) is 4. The number of carboxylic acid groups (broad SMARTS) is 1. The quantitative estimate of drug-likeness (QED) is 0.0557. The lowest BCUT2D eigenvalue weighted by atomic mass is 10.00. The molecule has 4 aromatic rings. The average molecular weight is 667 g/mol. The van der Waals surface area contributed by atoms with E-state index in [9.17, 15) is 23.1 Å². The van der Waals surface area contributed by atoms with Crippen LogP contribution in [0.3, 0.4) is 0 Å². The average Bonchev–Trinajstić information content (AvgIpc) is 3.80. The zero-order chi connectivity index (χ0) is 32.7. The van der Waals surface area contributed by atoms with Crippen LogP contribution >= 0.6 is 11.3 Å². The molecule has 0 aliphatic carbocycles. The lowest BCUT2D eigenvalue weighted by Crippen LogP contribution is -2.40. The number of thiophene rings is 1. The van der Waals surface area contributed by atoms with Gasteiger partial charge in [0, 0.05) is 37.9 Å². The maximum Gasteiger partial charge on any atom is 0.326 e. The van der Waals surface area contributed by atoms with Gasteiger partial charge in [-0.15, -0.1) is 11.3 Å². The zero-order valence-corrected chi connectivity index (χ0v) is 26.3. The Kier molecular flexibility index (Phi) is 10.2. The third-order valence-corrected chi connectivity index (χ3v) is 9.45. The van der Waals surface area contributed by atoms with Crippen LogP contribution in [0.25, 0.3) is 11.1 Å². The largest absolute Gasteiger partial charge is 0.492 e. The smallest absolute Gasteiger partial charge is 0.326 e. The summed E-state index contributed by atoms with van der Waals surface area (Å²) in [6.45, 7) is 1.75. The van der Waals surface area contributed by atoms with Crippen LogP contribution < -0.4 is 31.6 Å². The number of amides is 1. The highest BCUT2D eigenvalue weighted by molar-refractivity contribution is 7.92. The summed E-state index contributed by atoms with van der Waals surface area (Å²) in [4.78, 5) is 35.7. The zero-order valence-electron chi connectivity index (χ0n) is 24.7. The molecule has 0 spiro atoms. The number of carboxylic acids is 1. The number of hydrogen-bond acceptors (Lipinski definition) is 9. The van der Waals surface area contributed by atoms with Crippen LogP contribution in [0.15, 0.2) is 70.3 Å². The summed E-state index contributed by atoms with van der Waals surface area (Å²) < 4.78 is 35.9. The van der Waals surface area contributed by atoms with E-state index in [0.717, 1.165) is 33.7 Å². The van der Waals surface area contributed by atoms with Gasteiger partial charge in [0.05, 0.1) is 18.6 Å². The van der Waals surface area contributed by atoms with Crippen molar-refractivity contribution in [2.75, 3.05) is 17.9 Å². The maximum absolute atomic E-state index is 13.8. The van der Waals surface area contributed by atoms with Crippen molar-refractivity contribution in [2.45, 2.75) is 43.3 Å². The Bertz CT molecular complexity index is 1840. The van der Waals surface area contributed by atoms with Gasteiger partial charge in [-0.25, -0.2) is 18.2 Å². The van der Waals surface area contributed by atoms with Crippen molar-refractivity contribution in [3.63, 3.8) is 0 Å². The first-order valence-corrected chi connectivity index (χ1v) is 16.7. The second kappa shape index (κ2) is 14.4. The minimum absolute atomic E-state index is 0.0168. The monoisotopic (exact) mass is 666 g/mol. The summed E-state index contributed by atoms with van der Waals surface area (Å²) in [5.74, 6) is -1.81. The van der Waals surface area contributed by atoms with Gasteiger partial charge in [0.2, 0.25) is 0 Å². The number of carbonyl (C=O) groups is 2. The van der Waals surface area contributed by atoms with Crippen molar-refractivity contribution >= 4 is 44.9 Å². The van der Waals surface area contributed by atoms with Gasteiger partial charge < -0.3 is 36.9 Å². The Labute approximate surface area is 269 Å². The number of aliphatic carboxylic acids is 1. The first-order valence-electron chi connectivity index (χ1n) is 14.4. The van der Waals surface area contributed by atoms with Crippen LogP contribution in [0, 0.1) is 0 Å².